The molecule has 1 N–H and O–H groups in total. The van der Waals surface area contributed by atoms with Gasteiger partial charge in [-0.05, 0) is 13.8 Å². The van der Waals surface area contributed by atoms with Crippen molar-refractivity contribution in [2.75, 3.05) is 6.61 Å². The molecule has 0 aliphatic heterocycles. The van der Waals surface area contributed by atoms with Gasteiger partial charge in [-0.25, -0.2) is 0 Å². The molecule has 0 aromatic carbocycles. The maximum Gasteiger partial charge on any atom is 0.0810 e. The van der Waals surface area contributed by atoms with Crippen molar-refractivity contribution in [2.24, 2.45) is 0 Å². The van der Waals surface area contributed by atoms with Crippen LogP contribution >= 0.6 is 0 Å². The highest BCUT2D eigenvalue weighted by atomic mass is 16.5. The average Bonchev–Trinajstić information content (AvgIpc) is 1.82. The Hall–Kier alpha value is -0.340. The molecular formula is C7H13O2. The minimum atomic E-state index is -0.648. The van der Waals surface area contributed by atoms with Crippen molar-refractivity contribution >= 4 is 0 Å². The van der Waals surface area contributed by atoms with Crippen LogP contribution in [0.15, 0.2) is 12.7 Å². The number of aliphatic hydroxyl groups is 1. The molecule has 0 saturated carbocycles. The molecule has 0 bridgehead atoms. The van der Waals surface area contributed by atoms with E-state index in [1.54, 1.807) is 13.0 Å². The fourth-order valence-electron chi connectivity index (χ4n) is 0.331. The quantitative estimate of drug-likeness (QED) is 0.568. The van der Waals surface area contributed by atoms with Gasteiger partial charge in [-0.1, -0.05) is 6.08 Å². The first-order chi connectivity index (χ1) is 4.18. The summed E-state index contributed by atoms with van der Waals surface area (Å²) in [5.41, 5.74) is 0. The molecule has 0 aromatic rings. The minimum Gasteiger partial charge on any atom is -0.390 e. The summed E-state index contributed by atoms with van der Waals surface area (Å²) in [4.78, 5) is 0. The van der Waals surface area contributed by atoms with Gasteiger partial charge in [0.05, 0.1) is 18.8 Å². The van der Waals surface area contributed by atoms with Crippen molar-refractivity contribution in [3.63, 3.8) is 0 Å². The predicted octanol–water partition coefficient (Wildman–Crippen LogP) is 0.772. The zero-order valence-corrected chi connectivity index (χ0v) is 5.71. The van der Waals surface area contributed by atoms with E-state index in [-0.39, 0.29) is 6.10 Å². The lowest BCUT2D eigenvalue weighted by Gasteiger charge is -2.13. The van der Waals surface area contributed by atoms with Crippen molar-refractivity contribution in [3.8, 4) is 0 Å². The van der Waals surface area contributed by atoms with Crippen LogP contribution < -0.4 is 0 Å². The molecule has 2 nitrogen and oxygen atoms in total. The molecule has 2 atom stereocenters. The third-order valence-electron chi connectivity index (χ3n) is 1.02. The summed E-state index contributed by atoms with van der Waals surface area (Å²) < 4.78 is 5.02. The van der Waals surface area contributed by atoms with Gasteiger partial charge in [0.1, 0.15) is 0 Å². The molecule has 0 fully saturated rings. The Kier molecular flexibility index (Phi) is 4.36. The molecule has 9 heavy (non-hydrogen) atoms. The zero-order valence-electron chi connectivity index (χ0n) is 5.71. The summed E-state index contributed by atoms with van der Waals surface area (Å²) in [5.74, 6) is 0. The molecule has 0 amide bonds. The van der Waals surface area contributed by atoms with Crippen LogP contribution in [0.5, 0.6) is 0 Å². The van der Waals surface area contributed by atoms with Gasteiger partial charge in [0.2, 0.25) is 0 Å². The van der Waals surface area contributed by atoms with Crippen LogP contribution in [-0.4, -0.2) is 23.9 Å². The summed E-state index contributed by atoms with van der Waals surface area (Å²) in [7, 11) is 0. The van der Waals surface area contributed by atoms with Gasteiger partial charge >= 0.3 is 0 Å². The standard InChI is InChI=1S/C7H13O2/c1-4-5-9-7(3)6(2)8/h4,6-8H,1-2,5H2,3H3. The Morgan fingerprint density at radius 3 is 2.67 bits per heavy atom. The summed E-state index contributed by atoms with van der Waals surface area (Å²) in [6.45, 7) is 9.08. The Labute approximate surface area is 56.1 Å². The van der Waals surface area contributed by atoms with Crippen LogP contribution in [0.2, 0.25) is 0 Å². The monoisotopic (exact) mass is 129 g/mol. The number of hydrogen-bond acceptors (Lipinski definition) is 2. The highest BCUT2D eigenvalue weighted by molar-refractivity contribution is 4.69. The molecule has 0 aliphatic rings. The highest BCUT2D eigenvalue weighted by Crippen LogP contribution is 1.95. The lowest BCUT2D eigenvalue weighted by Crippen LogP contribution is -2.22. The van der Waals surface area contributed by atoms with E-state index in [0.717, 1.165) is 0 Å². The molecule has 0 saturated heterocycles. The van der Waals surface area contributed by atoms with Crippen LogP contribution in [0.3, 0.4) is 0 Å². The van der Waals surface area contributed by atoms with Crippen LogP contribution in [-0.2, 0) is 4.74 Å². The lowest BCUT2D eigenvalue weighted by molar-refractivity contribution is 0.00596. The Balaban J connectivity index is 3.26. The Morgan fingerprint density at radius 2 is 2.33 bits per heavy atom. The predicted molar refractivity (Wildman–Crippen MR) is 37.0 cm³/mol. The SMILES string of the molecule is [CH2]C(O)C(C)OCC=C. The van der Waals surface area contributed by atoms with E-state index < -0.39 is 6.10 Å². The van der Waals surface area contributed by atoms with E-state index in [1.165, 1.54) is 0 Å². The molecule has 0 aromatic heterocycles. The highest BCUT2D eigenvalue weighted by Gasteiger charge is 2.06. The van der Waals surface area contributed by atoms with Crippen LogP contribution in [0.1, 0.15) is 6.92 Å². The van der Waals surface area contributed by atoms with Gasteiger partial charge in [0.25, 0.3) is 0 Å². The maximum absolute atomic E-state index is 8.78. The summed E-state index contributed by atoms with van der Waals surface area (Å²) >= 11 is 0. The van der Waals surface area contributed by atoms with Crippen LogP contribution in [0.25, 0.3) is 0 Å². The number of hydrogen-bond donors (Lipinski definition) is 1. The normalized spacial score (nSPS) is 16.8. The number of rotatable bonds is 4. The topological polar surface area (TPSA) is 29.5 Å². The van der Waals surface area contributed by atoms with Gasteiger partial charge in [0.15, 0.2) is 0 Å². The molecule has 0 rings (SSSR count). The van der Waals surface area contributed by atoms with Gasteiger partial charge in [-0.15, -0.1) is 6.58 Å². The smallest absolute Gasteiger partial charge is 0.0810 e. The second-order valence-electron chi connectivity index (χ2n) is 1.89. The number of aliphatic hydroxyl groups excluding tert-OH is 1. The summed E-state index contributed by atoms with van der Waals surface area (Å²) in [6, 6.07) is 0. The van der Waals surface area contributed by atoms with E-state index in [4.69, 9.17) is 9.84 Å². The molecule has 0 heterocycles. The molecule has 0 aliphatic carbocycles. The van der Waals surface area contributed by atoms with Gasteiger partial charge in [-0.2, -0.15) is 0 Å². The first-order valence-electron chi connectivity index (χ1n) is 2.92. The average molecular weight is 129 g/mol. The fraction of sp³-hybridized carbons (Fsp3) is 0.571. The van der Waals surface area contributed by atoms with Crippen molar-refractivity contribution in [1.29, 1.82) is 0 Å². The first-order valence-corrected chi connectivity index (χ1v) is 2.92. The van der Waals surface area contributed by atoms with Crippen molar-refractivity contribution in [1.82, 2.24) is 0 Å². The zero-order chi connectivity index (χ0) is 7.28. The summed E-state index contributed by atoms with van der Waals surface area (Å²) in [5, 5.41) is 8.78. The summed E-state index contributed by atoms with van der Waals surface area (Å²) in [6.07, 6.45) is 0.784. The van der Waals surface area contributed by atoms with Crippen molar-refractivity contribution in [3.05, 3.63) is 19.6 Å². The maximum atomic E-state index is 8.78. The van der Waals surface area contributed by atoms with Crippen molar-refractivity contribution in [2.45, 2.75) is 19.1 Å². The molecule has 1 radical (unpaired) electrons. The van der Waals surface area contributed by atoms with Gasteiger partial charge in [0, 0.05) is 0 Å². The molecule has 0 spiro atoms. The molecular weight excluding hydrogens is 116 g/mol. The second kappa shape index (κ2) is 4.53. The van der Waals surface area contributed by atoms with Crippen LogP contribution in [0.4, 0.5) is 0 Å². The molecule has 53 valence electrons. The van der Waals surface area contributed by atoms with E-state index in [2.05, 4.69) is 13.5 Å². The minimum absolute atomic E-state index is 0.206. The third kappa shape index (κ3) is 4.18. The fourth-order valence-corrected chi connectivity index (χ4v) is 0.331. The third-order valence-corrected chi connectivity index (χ3v) is 1.02. The van der Waals surface area contributed by atoms with E-state index in [0.29, 0.717) is 6.61 Å². The van der Waals surface area contributed by atoms with Crippen molar-refractivity contribution < 1.29 is 9.84 Å². The van der Waals surface area contributed by atoms with Gasteiger partial charge in [-0.3, -0.25) is 0 Å². The van der Waals surface area contributed by atoms with Gasteiger partial charge < -0.3 is 9.84 Å². The Bertz CT molecular complexity index is 79.0. The lowest BCUT2D eigenvalue weighted by atomic mass is 10.3. The molecule has 2 unspecified atom stereocenters. The van der Waals surface area contributed by atoms with E-state index >= 15 is 0 Å². The first kappa shape index (κ1) is 8.66. The van der Waals surface area contributed by atoms with E-state index in [1.807, 2.05) is 0 Å². The molecule has 2 heteroatoms. The largest absolute Gasteiger partial charge is 0.390 e. The van der Waals surface area contributed by atoms with Crippen LogP contribution in [0, 0.1) is 6.92 Å². The van der Waals surface area contributed by atoms with E-state index in [9.17, 15) is 0 Å². The number of ether oxygens (including phenoxy) is 1. The second-order valence-corrected chi connectivity index (χ2v) is 1.89. The Morgan fingerprint density at radius 1 is 1.78 bits per heavy atom.